The molecular formula is C53H98O6. The lowest BCUT2D eigenvalue weighted by atomic mass is 10.0. The molecule has 0 aliphatic rings. The zero-order chi connectivity index (χ0) is 43.0. The predicted molar refractivity (Wildman–Crippen MR) is 252 cm³/mol. The van der Waals surface area contributed by atoms with Crippen molar-refractivity contribution >= 4 is 17.9 Å². The molecule has 0 spiro atoms. The molecule has 0 aliphatic heterocycles. The summed E-state index contributed by atoms with van der Waals surface area (Å²) in [5.74, 6) is -0.864. The molecule has 0 aromatic rings. The predicted octanol–water partition coefficient (Wildman–Crippen LogP) is 16.8. The first kappa shape index (κ1) is 56.9. The van der Waals surface area contributed by atoms with E-state index in [-0.39, 0.29) is 31.1 Å². The fourth-order valence-electron chi connectivity index (χ4n) is 7.60. The minimum Gasteiger partial charge on any atom is -0.462 e. The Bertz CT molecular complexity index is 958. The molecule has 0 fully saturated rings. The lowest BCUT2D eigenvalue weighted by Gasteiger charge is -2.18. The number of carbonyl (C=O) groups excluding carboxylic acids is 3. The molecule has 0 aliphatic carbocycles. The van der Waals surface area contributed by atoms with E-state index >= 15 is 0 Å². The van der Waals surface area contributed by atoms with Gasteiger partial charge < -0.3 is 14.2 Å². The molecule has 346 valence electrons. The van der Waals surface area contributed by atoms with E-state index < -0.39 is 6.10 Å². The molecule has 0 radical (unpaired) electrons. The molecule has 0 amide bonds. The van der Waals surface area contributed by atoms with Gasteiger partial charge >= 0.3 is 17.9 Å². The SMILES string of the molecule is CC/C=C\C/C=C\CCCCCCCCCC(=O)OC(COC(=O)CCCCCCCCCCCCCC)COC(=O)CCCCCCCCCCCCCCCCC. The monoisotopic (exact) mass is 831 g/mol. The van der Waals surface area contributed by atoms with Gasteiger partial charge in [-0.3, -0.25) is 14.4 Å². The highest BCUT2D eigenvalue weighted by Crippen LogP contribution is 2.16. The van der Waals surface area contributed by atoms with Crippen molar-refractivity contribution in [2.75, 3.05) is 13.2 Å². The Labute approximate surface area is 366 Å². The second-order valence-corrected chi connectivity index (χ2v) is 17.4. The van der Waals surface area contributed by atoms with Crippen LogP contribution in [0.4, 0.5) is 0 Å². The molecule has 0 N–H and O–H groups in total. The molecule has 0 rings (SSSR count). The first-order chi connectivity index (χ1) is 29.0. The number of hydrogen-bond donors (Lipinski definition) is 0. The molecule has 6 nitrogen and oxygen atoms in total. The Balaban J connectivity index is 4.33. The lowest BCUT2D eigenvalue weighted by molar-refractivity contribution is -0.167. The standard InChI is InChI=1S/C53H98O6/c1-4-7-10-13-16-19-22-25-27-29-31-34-37-40-43-46-52(55)58-49-50(48-57-51(54)45-42-39-36-33-30-24-21-18-15-12-9-6-3)59-53(56)47-44-41-38-35-32-28-26-23-20-17-14-11-8-5-2/h8,11,17,20,50H,4-7,9-10,12-16,18-19,21-49H2,1-3H3/b11-8-,20-17-. The molecule has 0 aromatic carbocycles. The molecule has 0 saturated heterocycles. The highest BCUT2D eigenvalue weighted by molar-refractivity contribution is 5.71. The van der Waals surface area contributed by atoms with Crippen LogP contribution in [0.5, 0.6) is 0 Å². The molecule has 0 bridgehead atoms. The van der Waals surface area contributed by atoms with Crippen LogP contribution in [0.25, 0.3) is 0 Å². The summed E-state index contributed by atoms with van der Waals surface area (Å²) in [5, 5.41) is 0. The summed E-state index contributed by atoms with van der Waals surface area (Å²) in [6.07, 6.45) is 54.4. The van der Waals surface area contributed by atoms with Gasteiger partial charge in [-0.05, 0) is 44.9 Å². The zero-order valence-electron chi connectivity index (χ0n) is 39.5. The average Bonchev–Trinajstić information content (AvgIpc) is 3.23. The van der Waals surface area contributed by atoms with Gasteiger partial charge in [-0.25, -0.2) is 0 Å². The van der Waals surface area contributed by atoms with E-state index in [0.717, 1.165) is 77.0 Å². The maximum absolute atomic E-state index is 12.8. The van der Waals surface area contributed by atoms with Gasteiger partial charge in [-0.1, -0.05) is 238 Å². The Morgan fingerprint density at radius 1 is 0.356 bits per heavy atom. The zero-order valence-corrected chi connectivity index (χ0v) is 39.5. The molecule has 1 unspecified atom stereocenters. The topological polar surface area (TPSA) is 78.9 Å². The summed E-state index contributed by atoms with van der Waals surface area (Å²) in [7, 11) is 0. The van der Waals surface area contributed by atoms with E-state index in [4.69, 9.17) is 14.2 Å². The number of hydrogen-bond acceptors (Lipinski definition) is 6. The summed E-state index contributed by atoms with van der Waals surface area (Å²) in [5.41, 5.74) is 0. The van der Waals surface area contributed by atoms with E-state index in [9.17, 15) is 14.4 Å². The van der Waals surface area contributed by atoms with E-state index in [1.807, 2.05) is 0 Å². The molecule has 1 atom stereocenters. The second-order valence-electron chi connectivity index (χ2n) is 17.4. The number of rotatable bonds is 47. The van der Waals surface area contributed by atoms with Crippen LogP contribution in [0.15, 0.2) is 24.3 Å². The van der Waals surface area contributed by atoms with Crippen molar-refractivity contribution in [1.82, 2.24) is 0 Å². The van der Waals surface area contributed by atoms with Crippen molar-refractivity contribution in [2.45, 2.75) is 284 Å². The van der Waals surface area contributed by atoms with E-state index in [0.29, 0.717) is 19.3 Å². The minimum absolute atomic E-state index is 0.0696. The van der Waals surface area contributed by atoms with Crippen LogP contribution in [-0.4, -0.2) is 37.2 Å². The molecule has 0 heterocycles. The van der Waals surface area contributed by atoms with E-state index in [1.54, 1.807) is 0 Å². The Hall–Kier alpha value is -2.11. The number of allylic oxidation sites excluding steroid dienone is 4. The normalized spacial score (nSPS) is 12.1. The maximum atomic E-state index is 12.8. The largest absolute Gasteiger partial charge is 0.462 e. The molecule has 59 heavy (non-hydrogen) atoms. The van der Waals surface area contributed by atoms with E-state index in [2.05, 4.69) is 45.1 Å². The van der Waals surface area contributed by atoms with Gasteiger partial charge in [0.15, 0.2) is 6.10 Å². The van der Waals surface area contributed by atoms with Gasteiger partial charge in [0.25, 0.3) is 0 Å². The number of esters is 3. The minimum atomic E-state index is -0.768. The Morgan fingerprint density at radius 3 is 1.02 bits per heavy atom. The van der Waals surface area contributed by atoms with Crippen LogP contribution in [-0.2, 0) is 28.6 Å². The number of ether oxygens (including phenoxy) is 3. The number of unbranched alkanes of at least 4 members (excludes halogenated alkanes) is 32. The van der Waals surface area contributed by atoms with Gasteiger partial charge in [0.2, 0.25) is 0 Å². The first-order valence-corrected chi connectivity index (χ1v) is 25.8. The first-order valence-electron chi connectivity index (χ1n) is 25.8. The van der Waals surface area contributed by atoms with Crippen molar-refractivity contribution in [1.29, 1.82) is 0 Å². The number of carbonyl (C=O) groups is 3. The fraction of sp³-hybridized carbons (Fsp3) is 0.868. The van der Waals surface area contributed by atoms with Gasteiger partial charge in [-0.2, -0.15) is 0 Å². The average molecular weight is 831 g/mol. The maximum Gasteiger partial charge on any atom is 0.306 e. The third-order valence-electron chi connectivity index (χ3n) is 11.5. The van der Waals surface area contributed by atoms with Gasteiger partial charge in [0.1, 0.15) is 13.2 Å². The summed E-state index contributed by atoms with van der Waals surface area (Å²) in [6, 6.07) is 0. The van der Waals surface area contributed by atoms with E-state index in [1.165, 1.54) is 161 Å². The fourth-order valence-corrected chi connectivity index (χ4v) is 7.60. The third-order valence-corrected chi connectivity index (χ3v) is 11.5. The van der Waals surface area contributed by atoms with Crippen LogP contribution in [0.3, 0.4) is 0 Å². The van der Waals surface area contributed by atoms with Crippen LogP contribution >= 0.6 is 0 Å². The molecule has 6 heteroatoms. The van der Waals surface area contributed by atoms with Crippen molar-refractivity contribution < 1.29 is 28.6 Å². The Kier molecular flexibility index (Phi) is 46.8. The van der Waals surface area contributed by atoms with Gasteiger partial charge in [0.05, 0.1) is 0 Å². The summed E-state index contributed by atoms with van der Waals surface area (Å²) in [6.45, 7) is 6.55. The van der Waals surface area contributed by atoms with Crippen molar-refractivity contribution in [3.8, 4) is 0 Å². The van der Waals surface area contributed by atoms with Crippen LogP contribution in [0.1, 0.15) is 278 Å². The highest BCUT2D eigenvalue weighted by atomic mass is 16.6. The van der Waals surface area contributed by atoms with Crippen molar-refractivity contribution in [3.63, 3.8) is 0 Å². The Morgan fingerprint density at radius 2 is 0.661 bits per heavy atom. The third kappa shape index (κ3) is 46.8. The molecular weight excluding hydrogens is 733 g/mol. The summed E-state index contributed by atoms with van der Waals surface area (Å²) >= 11 is 0. The molecule has 0 aromatic heterocycles. The van der Waals surface area contributed by atoms with Gasteiger partial charge in [-0.15, -0.1) is 0 Å². The summed E-state index contributed by atoms with van der Waals surface area (Å²) in [4.78, 5) is 37.9. The smallest absolute Gasteiger partial charge is 0.306 e. The highest BCUT2D eigenvalue weighted by Gasteiger charge is 2.19. The van der Waals surface area contributed by atoms with Gasteiger partial charge in [0, 0.05) is 19.3 Å². The van der Waals surface area contributed by atoms with Crippen molar-refractivity contribution in [2.24, 2.45) is 0 Å². The lowest BCUT2D eigenvalue weighted by Crippen LogP contribution is -2.30. The van der Waals surface area contributed by atoms with Crippen LogP contribution in [0, 0.1) is 0 Å². The van der Waals surface area contributed by atoms with Crippen LogP contribution in [0.2, 0.25) is 0 Å². The second kappa shape index (κ2) is 48.6. The molecule has 0 saturated carbocycles. The van der Waals surface area contributed by atoms with Crippen LogP contribution < -0.4 is 0 Å². The van der Waals surface area contributed by atoms with Crippen molar-refractivity contribution in [3.05, 3.63) is 24.3 Å². The quantitative estimate of drug-likeness (QED) is 0.0263. The summed E-state index contributed by atoms with van der Waals surface area (Å²) < 4.78 is 16.8.